The summed E-state index contributed by atoms with van der Waals surface area (Å²) in [5.74, 6) is 0.820. The van der Waals surface area contributed by atoms with Crippen molar-refractivity contribution in [1.29, 1.82) is 0 Å². The Morgan fingerprint density at radius 1 is 1.15 bits per heavy atom. The van der Waals surface area contributed by atoms with Gasteiger partial charge in [-0.15, -0.1) is 0 Å². The van der Waals surface area contributed by atoms with Crippen molar-refractivity contribution < 1.29 is 19.1 Å². The van der Waals surface area contributed by atoms with Crippen molar-refractivity contribution in [1.82, 2.24) is 24.9 Å². The Bertz CT molecular complexity index is 1040. The van der Waals surface area contributed by atoms with Crippen molar-refractivity contribution in [2.45, 2.75) is 50.3 Å². The molecule has 0 unspecified atom stereocenters. The Morgan fingerprint density at radius 2 is 1.88 bits per heavy atom. The van der Waals surface area contributed by atoms with Gasteiger partial charge in [0.25, 0.3) is 0 Å². The number of anilines is 1. The van der Waals surface area contributed by atoms with Crippen LogP contribution in [-0.2, 0) is 16.1 Å². The molecule has 1 aliphatic carbocycles. The van der Waals surface area contributed by atoms with E-state index in [0.29, 0.717) is 44.2 Å². The maximum absolute atomic E-state index is 13.1. The molecule has 1 aromatic carbocycles. The second-order valence-electron chi connectivity index (χ2n) is 9.31. The summed E-state index contributed by atoms with van der Waals surface area (Å²) in [6.45, 7) is 1.51. The minimum Gasteiger partial charge on any atom is -0.445 e. The van der Waals surface area contributed by atoms with Crippen LogP contribution in [0.15, 0.2) is 36.4 Å². The van der Waals surface area contributed by atoms with Gasteiger partial charge in [0.05, 0.1) is 12.2 Å². The third kappa shape index (κ3) is 4.71. The number of urea groups is 1. The van der Waals surface area contributed by atoms with Crippen molar-refractivity contribution in [3.63, 3.8) is 0 Å². The first kappa shape index (κ1) is 22.2. The summed E-state index contributed by atoms with van der Waals surface area (Å²) in [5.41, 5.74) is 1.91. The number of likely N-dealkylation sites (tertiary alicyclic amines) is 1. The smallest absolute Gasteiger partial charge is 0.410 e. The molecule has 180 valence electrons. The fourth-order valence-corrected chi connectivity index (χ4v) is 4.72. The number of carbonyl (C=O) groups excluding carboxylic acids is 3. The van der Waals surface area contributed by atoms with Crippen LogP contribution in [0.4, 0.5) is 15.4 Å². The summed E-state index contributed by atoms with van der Waals surface area (Å²) in [6.07, 6.45) is 3.10. The third-order valence-corrected chi connectivity index (χ3v) is 6.81. The van der Waals surface area contributed by atoms with Crippen molar-refractivity contribution in [3.05, 3.63) is 47.7 Å². The minimum atomic E-state index is -0.591. The highest BCUT2D eigenvalue weighted by molar-refractivity contribution is 5.98. The summed E-state index contributed by atoms with van der Waals surface area (Å²) in [6, 6.07) is 10.6. The molecule has 0 radical (unpaired) electrons. The zero-order valence-corrected chi connectivity index (χ0v) is 19.3. The van der Waals surface area contributed by atoms with Crippen LogP contribution < -0.4 is 5.32 Å². The molecule has 2 N–H and O–H groups in total. The molecule has 0 bridgehead atoms. The highest BCUT2D eigenvalue weighted by Crippen LogP contribution is 2.39. The van der Waals surface area contributed by atoms with Gasteiger partial charge in [0.2, 0.25) is 5.91 Å². The van der Waals surface area contributed by atoms with E-state index in [0.717, 1.165) is 24.1 Å². The molecule has 3 fully saturated rings. The fourth-order valence-electron chi connectivity index (χ4n) is 4.72. The Labute approximate surface area is 198 Å². The molecule has 5 rings (SSSR count). The fraction of sp³-hybridized carbons (Fsp3) is 0.500. The molecule has 10 nitrogen and oxygen atoms in total. The van der Waals surface area contributed by atoms with Gasteiger partial charge >= 0.3 is 12.1 Å². The number of carbonyl (C=O) groups is 3. The summed E-state index contributed by atoms with van der Waals surface area (Å²) in [5, 5.41) is 10.1. The van der Waals surface area contributed by atoms with E-state index in [1.165, 1.54) is 0 Å². The van der Waals surface area contributed by atoms with Crippen molar-refractivity contribution in [3.8, 4) is 0 Å². The standard InChI is InChI=1S/C24H30N6O4/c1-28-14-20(22(31)25-21-13-19(26-27-21)17-7-8-17)30(23(28)32)18-9-11-29(12-10-18)24(33)34-15-16-5-3-2-4-6-16/h2-6,13,17-18,20H,7-12,14-15H2,1H3,(H2,25,26,27,31)/t20-/m1/s1. The Kier molecular flexibility index (Phi) is 6.12. The number of H-pyrrole nitrogens is 1. The maximum Gasteiger partial charge on any atom is 0.410 e. The van der Waals surface area contributed by atoms with Crippen molar-refractivity contribution in [2.24, 2.45) is 0 Å². The number of piperidine rings is 1. The van der Waals surface area contributed by atoms with Gasteiger partial charge in [0.15, 0.2) is 0 Å². The molecule has 1 saturated carbocycles. The highest BCUT2D eigenvalue weighted by Gasteiger charge is 2.44. The molecule has 2 aliphatic heterocycles. The van der Waals surface area contributed by atoms with Crippen LogP contribution in [0.2, 0.25) is 0 Å². The lowest BCUT2D eigenvalue weighted by atomic mass is 10.0. The molecule has 0 spiro atoms. The summed E-state index contributed by atoms with van der Waals surface area (Å²) in [7, 11) is 1.71. The predicted octanol–water partition coefficient (Wildman–Crippen LogP) is 2.76. The lowest BCUT2D eigenvalue weighted by molar-refractivity contribution is -0.120. The van der Waals surface area contributed by atoms with E-state index >= 15 is 0 Å². The molecular weight excluding hydrogens is 436 g/mol. The van der Waals surface area contributed by atoms with E-state index in [-0.39, 0.29) is 30.7 Å². The first-order valence-corrected chi connectivity index (χ1v) is 11.8. The number of nitrogens with zero attached hydrogens (tertiary/aromatic N) is 4. The van der Waals surface area contributed by atoms with Gasteiger partial charge in [-0.2, -0.15) is 5.10 Å². The van der Waals surface area contributed by atoms with E-state index in [1.807, 2.05) is 36.4 Å². The number of aromatic nitrogens is 2. The van der Waals surface area contributed by atoms with Gasteiger partial charge in [0.1, 0.15) is 18.5 Å². The summed E-state index contributed by atoms with van der Waals surface area (Å²) >= 11 is 0. The molecule has 4 amide bonds. The Balaban J connectivity index is 1.17. The Morgan fingerprint density at radius 3 is 2.59 bits per heavy atom. The molecule has 1 atom stereocenters. The van der Waals surface area contributed by atoms with Gasteiger partial charge in [-0.3, -0.25) is 9.89 Å². The number of likely N-dealkylation sites (N-methyl/N-ethyl adjacent to an activating group) is 1. The normalized spacial score (nSPS) is 21.1. The number of hydrogen-bond donors (Lipinski definition) is 2. The zero-order valence-electron chi connectivity index (χ0n) is 19.3. The SMILES string of the molecule is CN1C[C@H](C(=O)Nc2cc(C3CC3)n[nH]2)N(C2CCN(C(=O)OCc3ccccc3)CC2)C1=O. The molecule has 3 aliphatic rings. The molecular formula is C24H30N6O4. The molecule has 10 heteroatoms. The van der Waals surface area contributed by atoms with Gasteiger partial charge in [-0.05, 0) is 31.2 Å². The summed E-state index contributed by atoms with van der Waals surface area (Å²) < 4.78 is 5.44. The minimum absolute atomic E-state index is 0.116. The lowest BCUT2D eigenvalue weighted by Gasteiger charge is -2.37. The third-order valence-electron chi connectivity index (χ3n) is 6.81. The van der Waals surface area contributed by atoms with Crippen LogP contribution in [0, 0.1) is 0 Å². The first-order chi connectivity index (χ1) is 16.5. The van der Waals surface area contributed by atoms with E-state index in [1.54, 1.807) is 21.7 Å². The number of rotatable bonds is 6. The molecule has 34 heavy (non-hydrogen) atoms. The van der Waals surface area contributed by atoms with Crippen molar-refractivity contribution >= 4 is 23.8 Å². The number of hydrogen-bond acceptors (Lipinski definition) is 5. The van der Waals surface area contributed by atoms with Crippen LogP contribution >= 0.6 is 0 Å². The van der Waals surface area contributed by atoms with E-state index in [9.17, 15) is 14.4 Å². The Hall–Kier alpha value is -3.56. The van der Waals surface area contributed by atoms with Crippen LogP contribution in [0.3, 0.4) is 0 Å². The topological polar surface area (TPSA) is 111 Å². The van der Waals surface area contributed by atoms with Gasteiger partial charge in [0, 0.05) is 38.2 Å². The first-order valence-electron chi connectivity index (χ1n) is 11.8. The number of nitrogens with one attached hydrogen (secondary N) is 2. The highest BCUT2D eigenvalue weighted by atomic mass is 16.6. The van der Waals surface area contributed by atoms with Crippen LogP contribution in [0.1, 0.15) is 42.9 Å². The van der Waals surface area contributed by atoms with Gasteiger partial charge < -0.3 is 24.8 Å². The quantitative estimate of drug-likeness (QED) is 0.680. The molecule has 1 aromatic heterocycles. The van der Waals surface area contributed by atoms with Crippen LogP contribution in [-0.4, -0.2) is 81.7 Å². The molecule has 2 aromatic rings. The summed E-state index contributed by atoms with van der Waals surface area (Å²) in [4.78, 5) is 43.4. The number of amides is 4. The number of benzene rings is 1. The number of ether oxygens (including phenoxy) is 1. The largest absolute Gasteiger partial charge is 0.445 e. The zero-order chi connectivity index (χ0) is 23.7. The molecule has 3 heterocycles. The average Bonchev–Trinajstić information content (AvgIpc) is 3.53. The van der Waals surface area contributed by atoms with Crippen LogP contribution in [0.25, 0.3) is 0 Å². The second-order valence-corrected chi connectivity index (χ2v) is 9.31. The second kappa shape index (κ2) is 9.36. The van der Waals surface area contributed by atoms with E-state index in [4.69, 9.17) is 4.74 Å². The lowest BCUT2D eigenvalue weighted by Crippen LogP contribution is -2.53. The average molecular weight is 467 g/mol. The maximum atomic E-state index is 13.1. The van der Waals surface area contributed by atoms with Crippen molar-refractivity contribution in [2.75, 3.05) is 32.0 Å². The van der Waals surface area contributed by atoms with E-state index < -0.39 is 6.04 Å². The number of aromatic amines is 1. The van der Waals surface area contributed by atoms with Gasteiger partial charge in [-0.1, -0.05) is 30.3 Å². The monoisotopic (exact) mass is 466 g/mol. The van der Waals surface area contributed by atoms with E-state index in [2.05, 4.69) is 15.5 Å². The van der Waals surface area contributed by atoms with Crippen LogP contribution in [0.5, 0.6) is 0 Å². The predicted molar refractivity (Wildman–Crippen MR) is 124 cm³/mol. The molecule has 2 saturated heterocycles. The van der Waals surface area contributed by atoms with Gasteiger partial charge in [-0.25, -0.2) is 9.59 Å².